The van der Waals surface area contributed by atoms with E-state index in [-0.39, 0.29) is 0 Å². The average molecular weight is 235 g/mol. The van der Waals surface area contributed by atoms with Gasteiger partial charge in [0.1, 0.15) is 0 Å². The van der Waals surface area contributed by atoms with Gasteiger partial charge in [-0.2, -0.15) is 0 Å². The van der Waals surface area contributed by atoms with Gasteiger partial charge in [0, 0.05) is 5.38 Å². The summed E-state index contributed by atoms with van der Waals surface area (Å²) in [5.74, 6) is 2.79. The summed E-state index contributed by atoms with van der Waals surface area (Å²) in [5.41, 5.74) is 2.83. The van der Waals surface area contributed by atoms with Crippen molar-refractivity contribution in [3.05, 3.63) is 35.4 Å². The quantitative estimate of drug-likeness (QED) is 0.688. The van der Waals surface area contributed by atoms with Gasteiger partial charge in [-0.1, -0.05) is 30.7 Å². The van der Waals surface area contributed by atoms with Crippen LogP contribution in [0.3, 0.4) is 0 Å². The molecular formula is C15H19Cl. The number of hydrogen-bond acceptors (Lipinski definition) is 0. The molecule has 0 aliphatic heterocycles. The summed E-state index contributed by atoms with van der Waals surface area (Å²) in [4.78, 5) is 0. The Hall–Kier alpha value is -0.490. The highest BCUT2D eigenvalue weighted by Crippen LogP contribution is 2.60. The van der Waals surface area contributed by atoms with Crippen molar-refractivity contribution in [3.8, 4) is 0 Å². The van der Waals surface area contributed by atoms with Crippen LogP contribution in [0.15, 0.2) is 24.3 Å². The maximum absolute atomic E-state index is 6.59. The van der Waals surface area contributed by atoms with Gasteiger partial charge in [0.2, 0.25) is 0 Å². The van der Waals surface area contributed by atoms with E-state index in [4.69, 9.17) is 11.6 Å². The largest absolute Gasteiger partial charge is 0.122 e. The lowest BCUT2D eigenvalue weighted by Gasteiger charge is -2.13. The number of alkyl halides is 1. The van der Waals surface area contributed by atoms with Gasteiger partial charge >= 0.3 is 0 Å². The third-order valence-electron chi connectivity index (χ3n) is 4.57. The maximum atomic E-state index is 6.59. The van der Waals surface area contributed by atoms with Gasteiger partial charge in [-0.3, -0.25) is 0 Å². The molecule has 0 heterocycles. The Bertz CT molecular complexity index is 375. The summed E-state index contributed by atoms with van der Waals surface area (Å²) in [7, 11) is 0. The second-order valence-corrected chi connectivity index (χ2v) is 6.04. The predicted molar refractivity (Wildman–Crippen MR) is 68.8 cm³/mol. The highest BCUT2D eigenvalue weighted by Gasteiger charge is 2.55. The lowest BCUT2D eigenvalue weighted by molar-refractivity contribution is 0.558. The number of benzene rings is 1. The van der Waals surface area contributed by atoms with Gasteiger partial charge in [0.05, 0.1) is 0 Å². The molecule has 0 bridgehead atoms. The second kappa shape index (κ2) is 4.07. The number of hydrogen-bond donors (Lipinski definition) is 0. The molecule has 2 aliphatic carbocycles. The molecule has 2 saturated carbocycles. The highest BCUT2D eigenvalue weighted by molar-refractivity contribution is 6.21. The molecule has 1 aromatic carbocycles. The van der Waals surface area contributed by atoms with E-state index in [9.17, 15) is 0 Å². The fraction of sp³-hybridized carbons (Fsp3) is 0.600. The molecule has 0 radical (unpaired) electrons. The SMILES string of the molecule is Cc1ccccc1CC(Cl)C1C2CCCC21. The van der Waals surface area contributed by atoms with Crippen molar-refractivity contribution in [2.45, 2.75) is 38.0 Å². The molecule has 0 saturated heterocycles. The molecule has 0 aromatic heterocycles. The smallest absolute Gasteiger partial charge is 0.0410 e. The molecule has 0 amide bonds. The molecule has 3 atom stereocenters. The van der Waals surface area contributed by atoms with Crippen LogP contribution in [-0.4, -0.2) is 5.38 Å². The summed E-state index contributed by atoms with van der Waals surface area (Å²) in [6.07, 6.45) is 5.38. The summed E-state index contributed by atoms with van der Waals surface area (Å²) >= 11 is 6.59. The Morgan fingerprint density at radius 1 is 1.25 bits per heavy atom. The molecule has 16 heavy (non-hydrogen) atoms. The Balaban J connectivity index is 1.65. The van der Waals surface area contributed by atoms with E-state index in [1.54, 1.807) is 0 Å². The van der Waals surface area contributed by atoms with E-state index in [1.807, 2.05) is 0 Å². The predicted octanol–water partition coefficient (Wildman–Crippen LogP) is 4.19. The molecule has 1 heteroatoms. The maximum Gasteiger partial charge on any atom is 0.0410 e. The molecule has 3 unspecified atom stereocenters. The number of fused-ring (bicyclic) bond motifs is 1. The Labute approximate surface area is 103 Å². The van der Waals surface area contributed by atoms with E-state index >= 15 is 0 Å². The van der Waals surface area contributed by atoms with E-state index < -0.39 is 0 Å². The molecule has 0 spiro atoms. The number of aryl methyl sites for hydroxylation is 1. The zero-order valence-electron chi connectivity index (χ0n) is 9.83. The van der Waals surface area contributed by atoms with E-state index in [2.05, 4.69) is 31.2 Å². The fourth-order valence-electron chi connectivity index (χ4n) is 3.60. The van der Waals surface area contributed by atoms with Gasteiger partial charge in [0.25, 0.3) is 0 Å². The minimum Gasteiger partial charge on any atom is -0.122 e. The lowest BCUT2D eigenvalue weighted by atomic mass is 9.99. The first-order chi connectivity index (χ1) is 7.77. The van der Waals surface area contributed by atoms with Crippen LogP contribution in [0.5, 0.6) is 0 Å². The van der Waals surface area contributed by atoms with Crippen molar-refractivity contribution in [2.75, 3.05) is 0 Å². The van der Waals surface area contributed by atoms with Crippen LogP contribution in [0.1, 0.15) is 30.4 Å². The Morgan fingerprint density at radius 3 is 2.62 bits per heavy atom. The van der Waals surface area contributed by atoms with Gasteiger partial charge in [-0.15, -0.1) is 11.6 Å². The van der Waals surface area contributed by atoms with Gasteiger partial charge in [-0.05, 0) is 55.1 Å². The molecule has 86 valence electrons. The van der Waals surface area contributed by atoms with Crippen molar-refractivity contribution in [1.82, 2.24) is 0 Å². The fourth-order valence-corrected chi connectivity index (χ4v) is 4.14. The molecule has 3 rings (SSSR count). The first-order valence-electron chi connectivity index (χ1n) is 6.46. The highest BCUT2D eigenvalue weighted by atomic mass is 35.5. The molecule has 0 N–H and O–H groups in total. The zero-order valence-corrected chi connectivity index (χ0v) is 10.6. The van der Waals surface area contributed by atoms with Crippen molar-refractivity contribution >= 4 is 11.6 Å². The summed E-state index contributed by atoms with van der Waals surface area (Å²) in [6, 6.07) is 8.64. The van der Waals surface area contributed by atoms with Crippen molar-refractivity contribution in [3.63, 3.8) is 0 Å². The van der Waals surface area contributed by atoms with Crippen molar-refractivity contribution in [2.24, 2.45) is 17.8 Å². The first kappa shape index (κ1) is 10.7. The van der Waals surface area contributed by atoms with E-state index in [0.29, 0.717) is 5.38 Å². The first-order valence-corrected chi connectivity index (χ1v) is 6.89. The van der Waals surface area contributed by atoms with Crippen LogP contribution in [0.2, 0.25) is 0 Å². The third-order valence-corrected chi connectivity index (χ3v) is 5.01. The lowest BCUT2D eigenvalue weighted by Crippen LogP contribution is -2.10. The van der Waals surface area contributed by atoms with Gasteiger partial charge < -0.3 is 0 Å². The minimum atomic E-state index is 0.372. The van der Waals surface area contributed by atoms with Crippen LogP contribution in [-0.2, 0) is 6.42 Å². The Kier molecular flexibility index (Phi) is 2.71. The van der Waals surface area contributed by atoms with Crippen LogP contribution >= 0.6 is 11.6 Å². The normalized spacial score (nSPS) is 33.5. The number of halogens is 1. The standard InChI is InChI=1S/C15H19Cl/c1-10-5-2-3-6-11(10)9-14(16)15-12-7-4-8-13(12)15/h2-3,5-6,12-15H,4,7-9H2,1H3. The van der Waals surface area contributed by atoms with Crippen molar-refractivity contribution < 1.29 is 0 Å². The van der Waals surface area contributed by atoms with Gasteiger partial charge in [-0.25, -0.2) is 0 Å². The van der Waals surface area contributed by atoms with E-state index in [0.717, 1.165) is 24.2 Å². The van der Waals surface area contributed by atoms with E-state index in [1.165, 1.54) is 30.4 Å². The molecule has 2 aliphatic rings. The summed E-state index contributed by atoms with van der Waals surface area (Å²) < 4.78 is 0. The minimum absolute atomic E-state index is 0.372. The van der Waals surface area contributed by atoms with Crippen LogP contribution in [0, 0.1) is 24.7 Å². The molecule has 2 fully saturated rings. The summed E-state index contributed by atoms with van der Waals surface area (Å²) in [6.45, 7) is 2.19. The molecular weight excluding hydrogens is 216 g/mol. The van der Waals surface area contributed by atoms with Crippen molar-refractivity contribution in [1.29, 1.82) is 0 Å². The average Bonchev–Trinajstić information content (AvgIpc) is 2.76. The monoisotopic (exact) mass is 234 g/mol. The van der Waals surface area contributed by atoms with Crippen LogP contribution in [0.4, 0.5) is 0 Å². The second-order valence-electron chi connectivity index (χ2n) is 5.48. The topological polar surface area (TPSA) is 0 Å². The van der Waals surface area contributed by atoms with Crippen LogP contribution < -0.4 is 0 Å². The van der Waals surface area contributed by atoms with Gasteiger partial charge in [0.15, 0.2) is 0 Å². The van der Waals surface area contributed by atoms with Crippen LogP contribution in [0.25, 0.3) is 0 Å². The molecule has 1 aromatic rings. The zero-order chi connectivity index (χ0) is 11.1. The third kappa shape index (κ3) is 1.78. The Morgan fingerprint density at radius 2 is 1.94 bits per heavy atom. The number of rotatable bonds is 3. The summed E-state index contributed by atoms with van der Waals surface area (Å²) in [5, 5.41) is 0.372. The molecule has 0 nitrogen and oxygen atoms in total.